The van der Waals surface area contributed by atoms with Gasteiger partial charge in [-0.05, 0) is 25.7 Å². The summed E-state index contributed by atoms with van der Waals surface area (Å²) in [6, 6.07) is 0. The fraction of sp³-hybridized carbons (Fsp3) is 1.00. The molecule has 3 N–H and O–H groups in total. The molecule has 5 heteroatoms. The highest BCUT2D eigenvalue weighted by Crippen LogP contribution is 2.28. The van der Waals surface area contributed by atoms with Crippen molar-refractivity contribution >= 4 is 0 Å². The van der Waals surface area contributed by atoms with Gasteiger partial charge in [-0.15, -0.1) is 0 Å². The summed E-state index contributed by atoms with van der Waals surface area (Å²) in [5, 5.41) is 28.4. The molecule has 0 aromatic heterocycles. The number of aliphatic hydroxyl groups is 3. The molecule has 0 aromatic rings. The third-order valence-corrected chi connectivity index (χ3v) is 3.41. The first kappa shape index (κ1) is 12.3. The van der Waals surface area contributed by atoms with Gasteiger partial charge >= 0.3 is 0 Å². The van der Waals surface area contributed by atoms with Crippen LogP contribution in [0, 0.1) is 5.92 Å². The Balaban J connectivity index is 1.73. The minimum atomic E-state index is -1.04. The Hall–Kier alpha value is -0.200. The quantitative estimate of drug-likeness (QED) is 0.619. The molecule has 5 nitrogen and oxygen atoms in total. The fourth-order valence-electron chi connectivity index (χ4n) is 2.34. The number of ether oxygens (including phenoxy) is 2. The first-order valence-corrected chi connectivity index (χ1v) is 5.96. The van der Waals surface area contributed by atoms with Crippen LogP contribution in [-0.2, 0) is 9.47 Å². The number of hydrogen-bond donors (Lipinski definition) is 3. The topological polar surface area (TPSA) is 79.2 Å². The largest absolute Gasteiger partial charge is 0.390 e. The van der Waals surface area contributed by atoms with E-state index in [1.807, 2.05) is 0 Å². The lowest BCUT2D eigenvalue weighted by Gasteiger charge is -2.25. The second-order valence-corrected chi connectivity index (χ2v) is 4.67. The van der Waals surface area contributed by atoms with Crippen molar-refractivity contribution in [3.8, 4) is 0 Å². The van der Waals surface area contributed by atoms with Crippen molar-refractivity contribution in [1.29, 1.82) is 0 Å². The molecule has 0 radical (unpaired) electrons. The van der Waals surface area contributed by atoms with Gasteiger partial charge in [0.1, 0.15) is 6.10 Å². The molecule has 1 saturated heterocycles. The van der Waals surface area contributed by atoms with Gasteiger partial charge in [0.2, 0.25) is 0 Å². The Bertz CT molecular complexity index is 216. The third kappa shape index (κ3) is 2.73. The molecule has 1 saturated carbocycles. The molecule has 2 rings (SSSR count). The molecule has 16 heavy (non-hydrogen) atoms. The Morgan fingerprint density at radius 2 is 1.94 bits per heavy atom. The van der Waals surface area contributed by atoms with E-state index < -0.39 is 18.3 Å². The predicted octanol–water partition coefficient (Wildman–Crippen LogP) is -0.368. The Labute approximate surface area is 95.0 Å². The SMILES string of the molecule is O[C@@H]1[C@H](COC2CCCCO2)C[C@H](O)[C@@H]1O. The Kier molecular flexibility index (Phi) is 4.16. The molecule has 94 valence electrons. The molecule has 1 heterocycles. The summed E-state index contributed by atoms with van der Waals surface area (Å²) in [4.78, 5) is 0. The van der Waals surface area contributed by atoms with Crippen molar-refractivity contribution in [2.75, 3.05) is 13.2 Å². The molecule has 0 amide bonds. The van der Waals surface area contributed by atoms with E-state index in [9.17, 15) is 15.3 Å². The molecule has 0 bridgehead atoms. The summed E-state index contributed by atoms with van der Waals surface area (Å²) in [6.45, 7) is 1.06. The van der Waals surface area contributed by atoms with Gasteiger partial charge in [0.05, 0.1) is 18.8 Å². The molecule has 0 aromatic carbocycles. The zero-order chi connectivity index (χ0) is 11.5. The van der Waals surface area contributed by atoms with Crippen LogP contribution in [0.15, 0.2) is 0 Å². The predicted molar refractivity (Wildman–Crippen MR) is 55.7 cm³/mol. The minimum Gasteiger partial charge on any atom is -0.390 e. The van der Waals surface area contributed by atoms with Gasteiger partial charge in [0.15, 0.2) is 6.29 Å². The van der Waals surface area contributed by atoms with Crippen LogP contribution >= 0.6 is 0 Å². The van der Waals surface area contributed by atoms with Gasteiger partial charge in [-0.2, -0.15) is 0 Å². The number of aliphatic hydroxyl groups excluding tert-OH is 3. The number of rotatable bonds is 3. The summed E-state index contributed by atoms with van der Waals surface area (Å²) in [7, 11) is 0. The van der Waals surface area contributed by atoms with Gasteiger partial charge in [0.25, 0.3) is 0 Å². The molecule has 2 aliphatic rings. The van der Waals surface area contributed by atoms with Crippen LogP contribution in [0.5, 0.6) is 0 Å². The second kappa shape index (κ2) is 5.42. The summed E-state index contributed by atoms with van der Waals surface area (Å²) < 4.78 is 10.9. The lowest BCUT2D eigenvalue weighted by Crippen LogP contribution is -2.33. The lowest BCUT2D eigenvalue weighted by molar-refractivity contribution is -0.174. The van der Waals surface area contributed by atoms with Crippen molar-refractivity contribution in [2.24, 2.45) is 5.92 Å². The number of hydrogen-bond acceptors (Lipinski definition) is 5. The van der Waals surface area contributed by atoms with E-state index in [2.05, 4.69) is 0 Å². The summed E-state index contributed by atoms with van der Waals surface area (Å²) >= 11 is 0. The zero-order valence-corrected chi connectivity index (χ0v) is 9.29. The highest BCUT2D eigenvalue weighted by Gasteiger charge is 2.40. The van der Waals surface area contributed by atoms with E-state index in [1.165, 1.54) is 0 Å². The smallest absolute Gasteiger partial charge is 0.157 e. The molecular weight excluding hydrogens is 212 g/mol. The summed E-state index contributed by atoms with van der Waals surface area (Å²) in [6.07, 6.45) is 0.487. The Morgan fingerprint density at radius 1 is 1.12 bits per heavy atom. The van der Waals surface area contributed by atoms with Crippen LogP contribution in [0.25, 0.3) is 0 Å². The van der Waals surface area contributed by atoms with E-state index in [1.54, 1.807) is 0 Å². The fourth-order valence-corrected chi connectivity index (χ4v) is 2.34. The second-order valence-electron chi connectivity index (χ2n) is 4.67. The monoisotopic (exact) mass is 232 g/mol. The van der Waals surface area contributed by atoms with Gasteiger partial charge in [-0.1, -0.05) is 0 Å². The minimum absolute atomic E-state index is 0.184. The highest BCUT2D eigenvalue weighted by atomic mass is 16.7. The molecular formula is C11H20O5. The average Bonchev–Trinajstić information content (AvgIpc) is 2.56. The van der Waals surface area contributed by atoms with Gasteiger partial charge in [-0.25, -0.2) is 0 Å². The Morgan fingerprint density at radius 3 is 2.50 bits per heavy atom. The van der Waals surface area contributed by atoms with Crippen LogP contribution in [-0.4, -0.2) is 53.1 Å². The molecule has 1 unspecified atom stereocenters. The van der Waals surface area contributed by atoms with Crippen molar-refractivity contribution < 1.29 is 24.8 Å². The van der Waals surface area contributed by atoms with E-state index in [0.717, 1.165) is 25.9 Å². The van der Waals surface area contributed by atoms with Crippen LogP contribution in [0.4, 0.5) is 0 Å². The van der Waals surface area contributed by atoms with Crippen molar-refractivity contribution in [3.63, 3.8) is 0 Å². The van der Waals surface area contributed by atoms with Crippen LogP contribution in [0.2, 0.25) is 0 Å². The summed E-state index contributed by atoms with van der Waals surface area (Å²) in [5.74, 6) is -0.199. The maximum Gasteiger partial charge on any atom is 0.157 e. The van der Waals surface area contributed by atoms with Gasteiger partial charge in [0, 0.05) is 12.5 Å². The third-order valence-electron chi connectivity index (χ3n) is 3.41. The maximum absolute atomic E-state index is 9.63. The van der Waals surface area contributed by atoms with Crippen molar-refractivity contribution in [3.05, 3.63) is 0 Å². The van der Waals surface area contributed by atoms with Gasteiger partial charge in [-0.3, -0.25) is 0 Å². The first-order valence-electron chi connectivity index (χ1n) is 5.96. The first-order chi connectivity index (χ1) is 7.68. The van der Waals surface area contributed by atoms with E-state index in [0.29, 0.717) is 13.0 Å². The van der Waals surface area contributed by atoms with Crippen LogP contribution in [0.3, 0.4) is 0 Å². The van der Waals surface area contributed by atoms with E-state index >= 15 is 0 Å². The van der Waals surface area contributed by atoms with Crippen molar-refractivity contribution in [2.45, 2.75) is 50.3 Å². The average molecular weight is 232 g/mol. The standard InChI is InChI=1S/C11H20O5/c12-8-5-7(10(13)11(8)14)6-16-9-3-1-2-4-15-9/h7-14H,1-6H2/t7-,8-,9?,10+,11-/m0/s1. The van der Waals surface area contributed by atoms with Gasteiger partial charge < -0.3 is 24.8 Å². The van der Waals surface area contributed by atoms with E-state index in [4.69, 9.17) is 9.47 Å². The van der Waals surface area contributed by atoms with Crippen molar-refractivity contribution in [1.82, 2.24) is 0 Å². The zero-order valence-electron chi connectivity index (χ0n) is 9.29. The lowest BCUT2D eigenvalue weighted by atomic mass is 10.1. The molecule has 1 aliphatic carbocycles. The molecule has 0 spiro atoms. The van der Waals surface area contributed by atoms with Crippen LogP contribution < -0.4 is 0 Å². The van der Waals surface area contributed by atoms with E-state index in [-0.39, 0.29) is 12.2 Å². The highest BCUT2D eigenvalue weighted by molar-refractivity contribution is 4.90. The normalized spacial score (nSPS) is 44.8. The molecule has 2 fully saturated rings. The molecule has 5 atom stereocenters. The van der Waals surface area contributed by atoms with Crippen LogP contribution in [0.1, 0.15) is 25.7 Å². The molecule has 1 aliphatic heterocycles. The maximum atomic E-state index is 9.63. The summed E-state index contributed by atoms with van der Waals surface area (Å²) in [5.41, 5.74) is 0.